The Balaban J connectivity index is 1.61. The number of rotatable bonds is 5. The van der Waals surface area contributed by atoms with E-state index in [9.17, 15) is 18.0 Å². The summed E-state index contributed by atoms with van der Waals surface area (Å²) in [6.45, 7) is 5.88. The van der Waals surface area contributed by atoms with E-state index in [1.807, 2.05) is 63.2 Å². The maximum absolute atomic E-state index is 12.7. The SMILES string of the molecule is CC(C)(C)OC(=O)N1C=CC(c2cc(-c3ccccc3)nc(Nc3cccc(OC(F)(F)F)c3)n2)CC1. The maximum Gasteiger partial charge on any atom is 0.573 e. The molecule has 37 heavy (non-hydrogen) atoms. The van der Waals surface area contributed by atoms with E-state index in [4.69, 9.17) is 4.74 Å². The van der Waals surface area contributed by atoms with E-state index >= 15 is 0 Å². The molecule has 0 spiro atoms. The van der Waals surface area contributed by atoms with Crippen LogP contribution in [0.5, 0.6) is 5.75 Å². The molecule has 3 aromatic rings. The lowest BCUT2D eigenvalue weighted by Crippen LogP contribution is -2.36. The average molecular weight is 513 g/mol. The molecule has 1 aromatic heterocycles. The quantitative estimate of drug-likeness (QED) is 0.396. The summed E-state index contributed by atoms with van der Waals surface area (Å²) in [7, 11) is 0. The normalized spacial score (nSPS) is 15.8. The van der Waals surface area contributed by atoms with Gasteiger partial charge in [-0.1, -0.05) is 42.5 Å². The number of hydrogen-bond donors (Lipinski definition) is 1. The number of halogens is 3. The van der Waals surface area contributed by atoms with E-state index in [1.165, 1.54) is 23.1 Å². The number of carbonyl (C=O) groups excluding carboxylic acids is 1. The number of ether oxygens (including phenoxy) is 2. The first-order valence-corrected chi connectivity index (χ1v) is 11.7. The molecular weight excluding hydrogens is 485 g/mol. The van der Waals surface area contributed by atoms with Gasteiger partial charge >= 0.3 is 12.5 Å². The molecule has 2 heterocycles. The third-order valence-corrected chi connectivity index (χ3v) is 5.33. The second kappa shape index (κ2) is 10.5. The van der Waals surface area contributed by atoms with Gasteiger partial charge in [0.2, 0.25) is 5.95 Å². The average Bonchev–Trinajstić information content (AvgIpc) is 2.83. The molecule has 0 saturated heterocycles. The highest BCUT2D eigenvalue weighted by atomic mass is 19.4. The number of aromatic nitrogens is 2. The van der Waals surface area contributed by atoms with Crippen LogP contribution in [-0.2, 0) is 4.74 Å². The lowest BCUT2D eigenvalue weighted by Gasteiger charge is -2.29. The molecule has 1 aliphatic rings. The lowest BCUT2D eigenvalue weighted by molar-refractivity contribution is -0.274. The van der Waals surface area contributed by atoms with Gasteiger partial charge in [0.25, 0.3) is 0 Å². The summed E-state index contributed by atoms with van der Waals surface area (Å²) in [5, 5.41) is 2.99. The van der Waals surface area contributed by atoms with Crippen molar-refractivity contribution in [2.45, 2.75) is 45.1 Å². The Morgan fingerprint density at radius 3 is 2.43 bits per heavy atom. The topological polar surface area (TPSA) is 76.6 Å². The Labute approximate surface area is 212 Å². The van der Waals surface area contributed by atoms with E-state index in [-0.39, 0.29) is 17.6 Å². The van der Waals surface area contributed by atoms with Gasteiger partial charge in [-0.2, -0.15) is 0 Å². The standard InChI is InChI=1S/C27H27F3N4O3/c1-26(2,3)37-25(35)34-14-12-19(13-15-34)23-17-22(18-8-5-4-6-9-18)32-24(33-23)31-20-10-7-11-21(16-20)36-27(28,29)30/h4-12,14,16-17,19H,13,15H2,1-3H3,(H,31,32,33). The number of nitrogens with one attached hydrogen (secondary N) is 1. The molecule has 0 radical (unpaired) electrons. The summed E-state index contributed by atoms with van der Waals surface area (Å²) in [4.78, 5) is 23.2. The molecule has 0 saturated carbocycles. The third-order valence-electron chi connectivity index (χ3n) is 5.33. The molecule has 1 unspecified atom stereocenters. The Morgan fingerprint density at radius 1 is 1.03 bits per heavy atom. The number of hydrogen-bond acceptors (Lipinski definition) is 6. The molecule has 1 atom stereocenters. The fourth-order valence-electron chi connectivity index (χ4n) is 3.74. The van der Waals surface area contributed by atoms with Crippen LogP contribution in [0.3, 0.4) is 0 Å². The second-order valence-electron chi connectivity index (χ2n) is 9.48. The molecule has 0 aliphatic carbocycles. The van der Waals surface area contributed by atoms with E-state index in [0.717, 1.165) is 5.56 Å². The van der Waals surface area contributed by atoms with Gasteiger partial charge in [0.05, 0.1) is 11.4 Å². The largest absolute Gasteiger partial charge is 0.573 e. The number of benzene rings is 2. The summed E-state index contributed by atoms with van der Waals surface area (Å²) >= 11 is 0. The number of carbonyl (C=O) groups is 1. The molecule has 7 nitrogen and oxygen atoms in total. The van der Waals surface area contributed by atoms with Gasteiger partial charge in [-0.05, 0) is 45.4 Å². The van der Waals surface area contributed by atoms with Crippen LogP contribution in [0.4, 0.5) is 29.6 Å². The zero-order valence-corrected chi connectivity index (χ0v) is 20.6. The smallest absolute Gasteiger partial charge is 0.443 e. The minimum absolute atomic E-state index is 0.107. The Morgan fingerprint density at radius 2 is 1.78 bits per heavy atom. The van der Waals surface area contributed by atoms with Crippen LogP contribution < -0.4 is 10.1 Å². The Kier molecular flexibility index (Phi) is 7.37. The number of nitrogens with zero attached hydrogens (tertiary/aromatic N) is 3. The number of alkyl halides is 3. The number of amides is 1. The fourth-order valence-corrected chi connectivity index (χ4v) is 3.74. The summed E-state index contributed by atoms with van der Waals surface area (Å²) < 4.78 is 47.4. The van der Waals surface area contributed by atoms with Crippen LogP contribution in [0.25, 0.3) is 11.3 Å². The Hall–Kier alpha value is -4.08. The van der Waals surface area contributed by atoms with Crippen LogP contribution >= 0.6 is 0 Å². The van der Waals surface area contributed by atoms with Gasteiger partial charge < -0.3 is 14.8 Å². The van der Waals surface area contributed by atoms with E-state index < -0.39 is 18.1 Å². The van der Waals surface area contributed by atoms with E-state index in [1.54, 1.807) is 12.3 Å². The van der Waals surface area contributed by atoms with Gasteiger partial charge in [-0.3, -0.25) is 4.90 Å². The zero-order chi connectivity index (χ0) is 26.6. The van der Waals surface area contributed by atoms with Gasteiger partial charge in [0.15, 0.2) is 0 Å². The second-order valence-corrected chi connectivity index (χ2v) is 9.48. The van der Waals surface area contributed by atoms with Crippen molar-refractivity contribution in [1.29, 1.82) is 0 Å². The predicted molar refractivity (Wildman–Crippen MR) is 133 cm³/mol. The van der Waals surface area contributed by atoms with Crippen molar-refractivity contribution < 1.29 is 27.4 Å². The summed E-state index contributed by atoms with van der Waals surface area (Å²) in [6, 6.07) is 16.9. The van der Waals surface area contributed by atoms with Crippen LogP contribution in [-0.4, -0.2) is 39.5 Å². The third kappa shape index (κ3) is 7.45. The van der Waals surface area contributed by atoms with Crippen LogP contribution in [0.2, 0.25) is 0 Å². The first kappa shape index (κ1) is 26.0. The highest BCUT2D eigenvalue weighted by Gasteiger charge is 2.31. The van der Waals surface area contributed by atoms with Gasteiger partial charge in [-0.15, -0.1) is 13.2 Å². The lowest BCUT2D eigenvalue weighted by atomic mass is 9.97. The molecule has 1 amide bonds. The molecule has 4 rings (SSSR count). The first-order valence-electron chi connectivity index (χ1n) is 11.7. The van der Waals surface area contributed by atoms with Crippen LogP contribution in [0, 0.1) is 0 Å². The molecule has 194 valence electrons. The highest BCUT2D eigenvalue weighted by Crippen LogP contribution is 2.31. The molecule has 1 aliphatic heterocycles. The van der Waals surface area contributed by atoms with E-state index in [0.29, 0.717) is 30.0 Å². The van der Waals surface area contributed by atoms with Crippen molar-refractivity contribution in [2.24, 2.45) is 0 Å². The van der Waals surface area contributed by atoms with Gasteiger partial charge in [0, 0.05) is 36.0 Å². The van der Waals surface area contributed by atoms with Gasteiger partial charge in [-0.25, -0.2) is 14.8 Å². The monoisotopic (exact) mass is 512 g/mol. The minimum Gasteiger partial charge on any atom is -0.443 e. The predicted octanol–water partition coefficient (Wildman–Crippen LogP) is 7.02. The van der Waals surface area contributed by atoms with Gasteiger partial charge in [0.1, 0.15) is 11.4 Å². The molecule has 0 bridgehead atoms. The first-order chi connectivity index (χ1) is 17.4. The maximum atomic E-state index is 12.7. The van der Waals surface area contributed by atoms with Crippen molar-refractivity contribution in [3.8, 4) is 17.0 Å². The molecule has 0 fully saturated rings. The van der Waals surface area contributed by atoms with E-state index in [2.05, 4.69) is 20.0 Å². The van der Waals surface area contributed by atoms with Crippen molar-refractivity contribution in [2.75, 3.05) is 11.9 Å². The fraction of sp³-hybridized carbons (Fsp3) is 0.296. The molecule has 10 heteroatoms. The molecular formula is C27H27F3N4O3. The minimum atomic E-state index is -4.80. The van der Waals surface area contributed by atoms with Crippen molar-refractivity contribution in [1.82, 2.24) is 14.9 Å². The van der Waals surface area contributed by atoms with Crippen LogP contribution in [0.15, 0.2) is 72.9 Å². The molecule has 1 N–H and O–H groups in total. The van der Waals surface area contributed by atoms with Crippen LogP contribution in [0.1, 0.15) is 38.8 Å². The summed E-state index contributed by atoms with van der Waals surface area (Å²) in [6.07, 6.45) is -1.03. The van der Waals surface area contributed by atoms with Crippen molar-refractivity contribution >= 4 is 17.7 Å². The summed E-state index contributed by atoms with van der Waals surface area (Å²) in [5.74, 6) is -0.234. The molecule has 2 aromatic carbocycles. The Bertz CT molecular complexity index is 1270. The highest BCUT2D eigenvalue weighted by molar-refractivity contribution is 5.70. The summed E-state index contributed by atoms with van der Waals surface area (Å²) in [5.41, 5.74) is 1.96. The number of anilines is 2. The van der Waals surface area contributed by atoms with Crippen molar-refractivity contribution in [3.63, 3.8) is 0 Å². The zero-order valence-electron chi connectivity index (χ0n) is 20.6. The van der Waals surface area contributed by atoms with Crippen molar-refractivity contribution in [3.05, 3.63) is 78.6 Å². The number of allylic oxidation sites excluding steroid dienone is 1.